The highest BCUT2D eigenvalue weighted by Crippen LogP contribution is 2.34. The highest BCUT2D eigenvalue weighted by atomic mass is 19.4. The molecule has 0 aliphatic carbocycles. The molecule has 0 radical (unpaired) electrons. The molecule has 0 saturated heterocycles. The summed E-state index contributed by atoms with van der Waals surface area (Å²) >= 11 is 0. The number of amides is 1. The molecule has 134 valence electrons. The Hall–Kier alpha value is -3.24. The first kappa shape index (κ1) is 18.1. The van der Waals surface area contributed by atoms with Gasteiger partial charge in [-0.05, 0) is 18.2 Å². The van der Waals surface area contributed by atoms with Crippen molar-refractivity contribution in [1.29, 1.82) is 0 Å². The lowest BCUT2D eigenvalue weighted by Crippen LogP contribution is -2.37. The third-order valence-corrected chi connectivity index (χ3v) is 3.24. The summed E-state index contributed by atoms with van der Waals surface area (Å²) in [5, 5.41) is 20.1. The van der Waals surface area contributed by atoms with Crippen LogP contribution in [0.5, 0.6) is 5.75 Å². The highest BCUT2D eigenvalue weighted by molar-refractivity contribution is 6.03. The number of carbonyl (C=O) groups excluding carboxylic acids is 1. The first-order chi connectivity index (χ1) is 11.6. The Bertz CT molecular complexity index is 919. The molecule has 11 heteroatoms. The standard InChI is InChI=1S/C14H11F3N2O6/c1-25-19-8-3-2-6(14(15,16)17)4-7(8)11(22)10(13(19)24)12(23)18-5-9(20)21/h2-4,22H,5H2,1H3,(H,18,23)(H,20,21). The van der Waals surface area contributed by atoms with Gasteiger partial charge in [-0.25, -0.2) is 0 Å². The molecule has 0 unspecified atom stereocenters. The molecule has 2 aromatic rings. The van der Waals surface area contributed by atoms with Crippen molar-refractivity contribution in [3.05, 3.63) is 39.7 Å². The molecule has 0 aliphatic heterocycles. The van der Waals surface area contributed by atoms with E-state index < -0.39 is 52.4 Å². The molecule has 0 fully saturated rings. The van der Waals surface area contributed by atoms with Crippen molar-refractivity contribution in [2.75, 3.05) is 13.7 Å². The van der Waals surface area contributed by atoms with Gasteiger partial charge < -0.3 is 20.4 Å². The summed E-state index contributed by atoms with van der Waals surface area (Å²) in [6.45, 7) is -0.856. The maximum Gasteiger partial charge on any atom is 0.416 e. The molecule has 8 nitrogen and oxygen atoms in total. The second-order valence-corrected chi connectivity index (χ2v) is 4.81. The van der Waals surface area contributed by atoms with Gasteiger partial charge >= 0.3 is 12.1 Å². The van der Waals surface area contributed by atoms with E-state index in [-0.39, 0.29) is 5.52 Å². The van der Waals surface area contributed by atoms with Crippen molar-refractivity contribution >= 4 is 22.8 Å². The number of rotatable bonds is 4. The number of aromatic nitrogens is 1. The summed E-state index contributed by atoms with van der Waals surface area (Å²) in [4.78, 5) is 39.5. The van der Waals surface area contributed by atoms with E-state index in [2.05, 4.69) is 0 Å². The van der Waals surface area contributed by atoms with E-state index in [0.29, 0.717) is 16.9 Å². The molecular weight excluding hydrogens is 349 g/mol. The van der Waals surface area contributed by atoms with Crippen LogP contribution in [0.4, 0.5) is 13.2 Å². The second-order valence-electron chi connectivity index (χ2n) is 4.81. The molecule has 0 spiro atoms. The minimum Gasteiger partial charge on any atom is -0.506 e. The molecule has 1 heterocycles. The van der Waals surface area contributed by atoms with Crippen LogP contribution in [-0.4, -0.2) is 40.5 Å². The Kier molecular flexibility index (Phi) is 4.59. The highest BCUT2D eigenvalue weighted by Gasteiger charge is 2.32. The van der Waals surface area contributed by atoms with Crippen molar-refractivity contribution in [2.45, 2.75) is 6.18 Å². The molecule has 25 heavy (non-hydrogen) atoms. The maximum absolute atomic E-state index is 12.9. The van der Waals surface area contributed by atoms with Crippen molar-refractivity contribution < 1.29 is 37.8 Å². The SMILES string of the molecule is COn1c(=O)c(C(=O)NCC(=O)O)c(O)c2cc(C(F)(F)F)ccc21. The van der Waals surface area contributed by atoms with Gasteiger partial charge in [0.15, 0.2) is 5.56 Å². The maximum atomic E-state index is 12.9. The lowest BCUT2D eigenvalue weighted by atomic mass is 10.1. The third-order valence-electron chi connectivity index (χ3n) is 3.24. The van der Waals surface area contributed by atoms with Gasteiger partial charge in [0.1, 0.15) is 19.4 Å². The average molecular weight is 360 g/mol. The number of nitrogens with one attached hydrogen (secondary N) is 1. The van der Waals surface area contributed by atoms with E-state index in [1.165, 1.54) is 0 Å². The number of halogens is 3. The molecular formula is C14H11F3N2O6. The molecule has 0 aliphatic rings. The van der Waals surface area contributed by atoms with Crippen LogP contribution in [0.3, 0.4) is 0 Å². The number of pyridine rings is 1. The van der Waals surface area contributed by atoms with E-state index in [4.69, 9.17) is 9.94 Å². The van der Waals surface area contributed by atoms with Gasteiger partial charge in [-0.2, -0.15) is 13.2 Å². The summed E-state index contributed by atoms with van der Waals surface area (Å²) < 4.78 is 39.1. The molecule has 0 bridgehead atoms. The zero-order valence-corrected chi connectivity index (χ0v) is 12.5. The molecule has 0 atom stereocenters. The topological polar surface area (TPSA) is 118 Å². The number of fused-ring (bicyclic) bond motifs is 1. The number of aromatic hydroxyl groups is 1. The molecule has 1 amide bonds. The normalized spacial score (nSPS) is 11.4. The predicted molar refractivity (Wildman–Crippen MR) is 77.3 cm³/mol. The summed E-state index contributed by atoms with van der Waals surface area (Å²) in [6, 6.07) is 2.14. The van der Waals surface area contributed by atoms with Crippen LogP contribution in [0.25, 0.3) is 10.9 Å². The van der Waals surface area contributed by atoms with Crippen molar-refractivity contribution in [3.8, 4) is 5.75 Å². The lowest BCUT2D eigenvalue weighted by Gasteiger charge is -2.15. The predicted octanol–water partition coefficient (Wildman–Crippen LogP) is 0.599. The first-order valence-electron chi connectivity index (χ1n) is 6.61. The zero-order chi connectivity index (χ0) is 18.9. The number of benzene rings is 1. The molecule has 1 aromatic carbocycles. The van der Waals surface area contributed by atoms with Crippen molar-refractivity contribution in [1.82, 2.24) is 10.0 Å². The fourth-order valence-corrected chi connectivity index (χ4v) is 2.16. The Morgan fingerprint density at radius 2 is 1.96 bits per heavy atom. The lowest BCUT2D eigenvalue weighted by molar-refractivity contribution is -0.137. The Morgan fingerprint density at radius 3 is 2.48 bits per heavy atom. The van der Waals surface area contributed by atoms with Gasteiger partial charge in [-0.1, -0.05) is 0 Å². The largest absolute Gasteiger partial charge is 0.506 e. The van der Waals surface area contributed by atoms with Gasteiger partial charge in [-0.15, -0.1) is 4.73 Å². The van der Waals surface area contributed by atoms with Gasteiger partial charge in [0.25, 0.3) is 11.5 Å². The van der Waals surface area contributed by atoms with Gasteiger partial charge in [0.2, 0.25) is 0 Å². The monoisotopic (exact) mass is 360 g/mol. The fourth-order valence-electron chi connectivity index (χ4n) is 2.16. The van der Waals surface area contributed by atoms with Crippen LogP contribution in [0, 0.1) is 0 Å². The smallest absolute Gasteiger partial charge is 0.416 e. The Labute approximate surface area is 137 Å². The van der Waals surface area contributed by atoms with Crippen molar-refractivity contribution in [2.24, 2.45) is 0 Å². The van der Waals surface area contributed by atoms with E-state index in [9.17, 15) is 32.7 Å². The Morgan fingerprint density at radius 1 is 1.32 bits per heavy atom. The minimum absolute atomic E-state index is 0.201. The van der Waals surface area contributed by atoms with Gasteiger partial charge in [-0.3, -0.25) is 14.4 Å². The van der Waals surface area contributed by atoms with Crippen LogP contribution in [-0.2, 0) is 11.0 Å². The van der Waals surface area contributed by atoms with E-state index in [1.807, 2.05) is 5.32 Å². The summed E-state index contributed by atoms with van der Waals surface area (Å²) in [5.74, 6) is -3.70. The van der Waals surface area contributed by atoms with Crippen LogP contribution < -0.4 is 15.7 Å². The summed E-state index contributed by atoms with van der Waals surface area (Å²) in [5.41, 5.74) is -3.41. The van der Waals surface area contributed by atoms with Gasteiger partial charge in [0.05, 0.1) is 11.1 Å². The molecule has 0 saturated carbocycles. The quantitative estimate of drug-likeness (QED) is 0.735. The third kappa shape index (κ3) is 3.34. The number of alkyl halides is 3. The van der Waals surface area contributed by atoms with Crippen LogP contribution in [0.2, 0.25) is 0 Å². The number of carboxylic acids is 1. The number of hydrogen-bond acceptors (Lipinski definition) is 5. The molecule has 2 rings (SSSR count). The number of carboxylic acid groups (broad SMARTS) is 1. The average Bonchev–Trinajstić information content (AvgIpc) is 2.52. The Balaban J connectivity index is 2.76. The van der Waals surface area contributed by atoms with E-state index in [0.717, 1.165) is 13.2 Å². The number of hydrogen-bond donors (Lipinski definition) is 3. The molecule has 1 aromatic heterocycles. The van der Waals surface area contributed by atoms with Crippen LogP contribution in [0.15, 0.2) is 23.0 Å². The van der Waals surface area contributed by atoms with E-state index in [1.54, 1.807) is 0 Å². The number of carbonyl (C=O) groups is 2. The summed E-state index contributed by atoms with van der Waals surface area (Å²) in [7, 11) is 1.04. The fraction of sp³-hybridized carbons (Fsp3) is 0.214. The van der Waals surface area contributed by atoms with E-state index >= 15 is 0 Å². The zero-order valence-electron chi connectivity index (χ0n) is 12.5. The number of nitrogens with zero attached hydrogens (tertiary/aromatic N) is 1. The molecule has 3 N–H and O–H groups in total. The van der Waals surface area contributed by atoms with Gasteiger partial charge in [0, 0.05) is 5.39 Å². The van der Waals surface area contributed by atoms with Crippen molar-refractivity contribution in [3.63, 3.8) is 0 Å². The second kappa shape index (κ2) is 6.34. The first-order valence-corrected chi connectivity index (χ1v) is 6.61. The minimum atomic E-state index is -4.72. The van der Waals surface area contributed by atoms with Crippen LogP contribution in [0.1, 0.15) is 15.9 Å². The summed E-state index contributed by atoms with van der Waals surface area (Å²) in [6.07, 6.45) is -4.72. The van der Waals surface area contributed by atoms with Crippen LogP contribution >= 0.6 is 0 Å². The number of aliphatic carboxylic acids is 1.